The number of nitrogens with zero attached hydrogens (tertiary/aromatic N) is 1. The Bertz CT molecular complexity index is 464. The lowest BCUT2D eigenvalue weighted by Crippen LogP contribution is -2.37. The Morgan fingerprint density at radius 2 is 2.24 bits per heavy atom. The molecule has 1 aromatic heterocycles. The largest absolute Gasteiger partial charge is 0.332 e. The molecule has 1 fully saturated rings. The zero-order valence-corrected chi connectivity index (χ0v) is 11.4. The molecule has 2 heterocycles. The Hall–Kier alpha value is -0.530. The van der Waals surface area contributed by atoms with Gasteiger partial charge in [0.1, 0.15) is 5.82 Å². The molecular weight excluding hydrogens is 258 g/mol. The first-order valence-corrected chi connectivity index (χ1v) is 8.39. The predicted octanol–water partition coefficient (Wildman–Crippen LogP) is 1.15. The van der Waals surface area contributed by atoms with Crippen LogP contribution in [-0.4, -0.2) is 35.9 Å². The average Bonchev–Trinajstić information content (AvgIpc) is 2.79. The quantitative estimate of drug-likeness (QED) is 0.864. The number of thioether (sulfide) groups is 1. The molecule has 17 heavy (non-hydrogen) atoms. The molecule has 1 aliphatic rings. The molecule has 2 rings (SSSR count). The molecule has 7 heteroatoms. The first-order valence-electron chi connectivity index (χ1n) is 5.76. The second-order valence-electron chi connectivity index (χ2n) is 4.06. The highest BCUT2D eigenvalue weighted by atomic mass is 32.2. The maximum absolute atomic E-state index is 12.0. The van der Waals surface area contributed by atoms with Crippen molar-refractivity contribution in [2.24, 2.45) is 0 Å². The van der Waals surface area contributed by atoms with E-state index in [4.69, 9.17) is 0 Å². The van der Waals surface area contributed by atoms with Crippen molar-refractivity contribution in [2.75, 3.05) is 11.5 Å². The van der Waals surface area contributed by atoms with Crippen molar-refractivity contribution >= 4 is 21.8 Å². The van der Waals surface area contributed by atoms with E-state index in [1.165, 1.54) is 6.20 Å². The zero-order chi connectivity index (χ0) is 12.3. The monoisotopic (exact) mass is 275 g/mol. The molecular formula is C10H17N3O2S2. The molecule has 1 aliphatic heterocycles. The Morgan fingerprint density at radius 1 is 1.53 bits per heavy atom. The van der Waals surface area contributed by atoms with E-state index in [1.54, 1.807) is 0 Å². The van der Waals surface area contributed by atoms with E-state index in [-0.39, 0.29) is 11.1 Å². The van der Waals surface area contributed by atoms with Gasteiger partial charge in [0.2, 0.25) is 0 Å². The van der Waals surface area contributed by atoms with Gasteiger partial charge in [0, 0.05) is 12.5 Å². The summed E-state index contributed by atoms with van der Waals surface area (Å²) in [6.45, 7) is 1.93. The third kappa shape index (κ3) is 3.23. The SMILES string of the molecule is CCc1ncc(S(=O)(=O)NC2CCSCC2)[nH]1. The van der Waals surface area contributed by atoms with E-state index in [1.807, 2.05) is 18.7 Å². The maximum atomic E-state index is 12.0. The van der Waals surface area contributed by atoms with Crippen LogP contribution in [0, 0.1) is 0 Å². The van der Waals surface area contributed by atoms with Gasteiger partial charge in [-0.1, -0.05) is 6.92 Å². The van der Waals surface area contributed by atoms with Crippen LogP contribution in [0.15, 0.2) is 11.2 Å². The minimum atomic E-state index is -3.43. The molecule has 5 nitrogen and oxygen atoms in total. The summed E-state index contributed by atoms with van der Waals surface area (Å²) in [4.78, 5) is 6.84. The van der Waals surface area contributed by atoms with Crippen LogP contribution in [0.4, 0.5) is 0 Å². The summed E-state index contributed by atoms with van der Waals surface area (Å²) < 4.78 is 26.8. The number of aromatic amines is 1. The average molecular weight is 275 g/mol. The zero-order valence-electron chi connectivity index (χ0n) is 9.77. The first-order chi connectivity index (χ1) is 8.12. The van der Waals surface area contributed by atoms with E-state index in [0.29, 0.717) is 12.2 Å². The summed E-state index contributed by atoms with van der Waals surface area (Å²) in [6.07, 6.45) is 3.89. The van der Waals surface area contributed by atoms with Gasteiger partial charge in [-0.05, 0) is 24.3 Å². The number of H-pyrrole nitrogens is 1. The van der Waals surface area contributed by atoms with Crippen molar-refractivity contribution in [2.45, 2.75) is 37.3 Å². The summed E-state index contributed by atoms with van der Waals surface area (Å²) in [5.74, 6) is 2.75. The molecule has 0 bridgehead atoms. The van der Waals surface area contributed by atoms with Crippen molar-refractivity contribution in [3.05, 3.63) is 12.0 Å². The number of hydrogen-bond donors (Lipinski definition) is 2. The molecule has 0 aromatic carbocycles. The van der Waals surface area contributed by atoms with E-state index in [9.17, 15) is 8.42 Å². The van der Waals surface area contributed by atoms with E-state index in [2.05, 4.69) is 14.7 Å². The van der Waals surface area contributed by atoms with Crippen molar-refractivity contribution in [1.82, 2.24) is 14.7 Å². The van der Waals surface area contributed by atoms with Crippen molar-refractivity contribution in [3.8, 4) is 0 Å². The van der Waals surface area contributed by atoms with E-state index >= 15 is 0 Å². The van der Waals surface area contributed by atoms with Gasteiger partial charge in [0.15, 0.2) is 5.03 Å². The topological polar surface area (TPSA) is 74.8 Å². The highest BCUT2D eigenvalue weighted by Gasteiger charge is 2.23. The van der Waals surface area contributed by atoms with Gasteiger partial charge < -0.3 is 4.98 Å². The fourth-order valence-electron chi connectivity index (χ4n) is 1.76. The predicted molar refractivity (Wildman–Crippen MR) is 68.6 cm³/mol. The van der Waals surface area contributed by atoms with Crippen LogP contribution in [0.3, 0.4) is 0 Å². The summed E-state index contributed by atoms with van der Waals surface area (Å²) in [5.41, 5.74) is 0. The summed E-state index contributed by atoms with van der Waals surface area (Å²) in [5, 5.41) is 0.174. The van der Waals surface area contributed by atoms with Crippen LogP contribution in [0.2, 0.25) is 0 Å². The highest BCUT2D eigenvalue weighted by Crippen LogP contribution is 2.18. The molecule has 0 amide bonds. The van der Waals surface area contributed by atoms with E-state index in [0.717, 1.165) is 24.3 Å². The molecule has 96 valence electrons. The first kappa shape index (κ1) is 12.9. The second kappa shape index (κ2) is 5.41. The van der Waals surface area contributed by atoms with Gasteiger partial charge in [-0.25, -0.2) is 18.1 Å². The Morgan fingerprint density at radius 3 is 2.82 bits per heavy atom. The second-order valence-corrected chi connectivity index (χ2v) is 6.96. The minimum Gasteiger partial charge on any atom is -0.332 e. The van der Waals surface area contributed by atoms with Gasteiger partial charge in [-0.3, -0.25) is 0 Å². The van der Waals surface area contributed by atoms with Crippen LogP contribution in [0.25, 0.3) is 0 Å². The molecule has 0 spiro atoms. The minimum absolute atomic E-state index is 0.0645. The van der Waals surface area contributed by atoms with Gasteiger partial charge in [0.05, 0.1) is 6.20 Å². The van der Waals surface area contributed by atoms with Gasteiger partial charge in [-0.15, -0.1) is 0 Å². The van der Waals surface area contributed by atoms with Crippen LogP contribution < -0.4 is 4.72 Å². The van der Waals surface area contributed by atoms with Crippen LogP contribution in [-0.2, 0) is 16.4 Å². The molecule has 0 radical (unpaired) electrons. The molecule has 0 saturated carbocycles. The fraction of sp³-hybridized carbons (Fsp3) is 0.700. The third-order valence-corrected chi connectivity index (χ3v) is 5.25. The number of sulfonamides is 1. The molecule has 0 atom stereocenters. The molecule has 0 aliphatic carbocycles. The van der Waals surface area contributed by atoms with Crippen LogP contribution >= 0.6 is 11.8 Å². The molecule has 2 N–H and O–H groups in total. The van der Waals surface area contributed by atoms with E-state index < -0.39 is 10.0 Å². The molecule has 1 saturated heterocycles. The van der Waals surface area contributed by atoms with Gasteiger partial charge in [-0.2, -0.15) is 11.8 Å². The van der Waals surface area contributed by atoms with Gasteiger partial charge in [0.25, 0.3) is 10.0 Å². The van der Waals surface area contributed by atoms with Crippen LogP contribution in [0.1, 0.15) is 25.6 Å². The number of aryl methyl sites for hydroxylation is 1. The van der Waals surface area contributed by atoms with Crippen molar-refractivity contribution < 1.29 is 8.42 Å². The van der Waals surface area contributed by atoms with Crippen molar-refractivity contribution in [3.63, 3.8) is 0 Å². The lowest BCUT2D eigenvalue weighted by Gasteiger charge is -2.21. The standard InChI is InChI=1S/C10H17N3O2S2/c1-2-9-11-7-10(12-9)17(14,15)13-8-3-5-16-6-4-8/h7-8,13H,2-6H2,1H3,(H,11,12). The highest BCUT2D eigenvalue weighted by molar-refractivity contribution is 7.99. The third-order valence-electron chi connectivity index (χ3n) is 2.77. The molecule has 1 aromatic rings. The summed E-state index contributed by atoms with van der Waals surface area (Å²) in [7, 11) is -3.43. The lowest BCUT2D eigenvalue weighted by atomic mass is 10.2. The fourth-order valence-corrected chi connectivity index (χ4v) is 4.11. The smallest absolute Gasteiger partial charge is 0.257 e. The summed E-state index contributed by atoms with van der Waals surface area (Å²) >= 11 is 1.87. The maximum Gasteiger partial charge on any atom is 0.257 e. The number of rotatable bonds is 4. The normalized spacial score (nSPS) is 18.4. The van der Waals surface area contributed by atoms with Gasteiger partial charge >= 0.3 is 0 Å². The number of nitrogens with one attached hydrogen (secondary N) is 2. The van der Waals surface area contributed by atoms with Crippen LogP contribution in [0.5, 0.6) is 0 Å². The number of hydrogen-bond acceptors (Lipinski definition) is 4. The number of aromatic nitrogens is 2. The Kier molecular flexibility index (Phi) is 4.11. The lowest BCUT2D eigenvalue weighted by molar-refractivity contribution is 0.526. The number of imidazole rings is 1. The summed E-state index contributed by atoms with van der Waals surface area (Å²) in [6, 6.07) is 0.0645. The molecule has 0 unspecified atom stereocenters. The Balaban J connectivity index is 2.07. The Labute approximate surface area is 106 Å². The van der Waals surface area contributed by atoms with Crippen molar-refractivity contribution in [1.29, 1.82) is 0 Å².